The van der Waals surface area contributed by atoms with Crippen LogP contribution >= 0.6 is 0 Å². The van der Waals surface area contributed by atoms with Gasteiger partial charge in [0.1, 0.15) is 5.82 Å². The molecule has 1 aliphatic rings. The summed E-state index contributed by atoms with van der Waals surface area (Å²) in [5.41, 5.74) is 1.12. The zero-order valence-electron chi connectivity index (χ0n) is 8.66. The monoisotopic (exact) mass is 191 g/mol. The lowest BCUT2D eigenvalue weighted by molar-refractivity contribution is 0.665. The van der Waals surface area contributed by atoms with Crippen molar-refractivity contribution in [1.29, 1.82) is 0 Å². The van der Waals surface area contributed by atoms with E-state index in [0.717, 1.165) is 36.9 Å². The molecule has 0 atom stereocenters. The van der Waals surface area contributed by atoms with Crippen LogP contribution < -0.4 is 5.32 Å². The molecule has 0 radical (unpaired) electrons. The van der Waals surface area contributed by atoms with Crippen molar-refractivity contribution in [1.82, 2.24) is 15.3 Å². The van der Waals surface area contributed by atoms with Gasteiger partial charge in [-0.1, -0.05) is 6.92 Å². The Labute approximate surface area is 85.0 Å². The predicted octanol–water partition coefficient (Wildman–Crippen LogP) is 1.68. The number of aromatic nitrogens is 2. The van der Waals surface area contributed by atoms with Crippen molar-refractivity contribution in [2.45, 2.75) is 45.2 Å². The van der Waals surface area contributed by atoms with Crippen molar-refractivity contribution in [3.8, 4) is 0 Å². The number of hydrogen-bond acceptors (Lipinski definition) is 3. The third-order valence-corrected chi connectivity index (χ3v) is 2.39. The van der Waals surface area contributed by atoms with Gasteiger partial charge < -0.3 is 5.32 Å². The Hall–Kier alpha value is -0.960. The first-order chi connectivity index (χ1) is 6.88. The Morgan fingerprint density at radius 1 is 1.50 bits per heavy atom. The quantitative estimate of drug-likeness (QED) is 0.769. The first-order valence-corrected chi connectivity index (χ1v) is 5.42. The third kappa shape index (κ3) is 2.77. The second kappa shape index (κ2) is 4.51. The highest BCUT2D eigenvalue weighted by Crippen LogP contribution is 2.18. The molecule has 1 heterocycles. The van der Waals surface area contributed by atoms with Gasteiger partial charge in [-0.15, -0.1) is 0 Å². The summed E-state index contributed by atoms with van der Waals surface area (Å²) in [5, 5.41) is 3.45. The van der Waals surface area contributed by atoms with Gasteiger partial charge in [0, 0.05) is 25.2 Å². The fraction of sp³-hybridized carbons (Fsp3) is 0.636. The van der Waals surface area contributed by atoms with Crippen molar-refractivity contribution in [3.63, 3.8) is 0 Å². The van der Waals surface area contributed by atoms with Crippen LogP contribution in [0.1, 0.15) is 37.7 Å². The van der Waals surface area contributed by atoms with Crippen LogP contribution in [-0.4, -0.2) is 16.0 Å². The van der Waals surface area contributed by atoms with Gasteiger partial charge in [0.25, 0.3) is 0 Å². The van der Waals surface area contributed by atoms with E-state index in [4.69, 9.17) is 0 Å². The van der Waals surface area contributed by atoms with Gasteiger partial charge in [0.2, 0.25) is 0 Å². The molecule has 14 heavy (non-hydrogen) atoms. The zero-order chi connectivity index (χ0) is 9.80. The molecule has 1 saturated carbocycles. The minimum absolute atomic E-state index is 0.750. The van der Waals surface area contributed by atoms with E-state index in [2.05, 4.69) is 22.2 Å². The minimum Gasteiger partial charge on any atom is -0.308 e. The molecule has 3 nitrogen and oxygen atoms in total. The van der Waals surface area contributed by atoms with Crippen LogP contribution in [0.4, 0.5) is 0 Å². The lowest BCUT2D eigenvalue weighted by Crippen LogP contribution is -2.16. The molecular weight excluding hydrogens is 174 g/mol. The van der Waals surface area contributed by atoms with Crippen LogP contribution in [0.3, 0.4) is 0 Å². The topological polar surface area (TPSA) is 37.8 Å². The molecule has 0 spiro atoms. The van der Waals surface area contributed by atoms with E-state index >= 15 is 0 Å². The summed E-state index contributed by atoms with van der Waals surface area (Å²) in [6.45, 7) is 3.04. The lowest BCUT2D eigenvalue weighted by atomic mass is 10.3. The molecule has 0 saturated heterocycles. The first kappa shape index (κ1) is 9.59. The minimum atomic E-state index is 0.750. The van der Waals surface area contributed by atoms with Gasteiger partial charge in [-0.05, 0) is 25.3 Å². The highest BCUT2D eigenvalue weighted by atomic mass is 15.0. The molecule has 1 aliphatic carbocycles. The molecule has 1 N–H and O–H groups in total. The number of aryl methyl sites for hydroxylation is 1. The average Bonchev–Trinajstić information content (AvgIpc) is 2.99. The normalized spacial score (nSPS) is 15.8. The van der Waals surface area contributed by atoms with E-state index in [9.17, 15) is 0 Å². The van der Waals surface area contributed by atoms with Gasteiger partial charge in [0.05, 0.1) is 5.69 Å². The van der Waals surface area contributed by atoms with Crippen LogP contribution in [0, 0.1) is 0 Å². The van der Waals surface area contributed by atoms with Gasteiger partial charge >= 0.3 is 0 Å². The maximum atomic E-state index is 4.49. The summed E-state index contributed by atoms with van der Waals surface area (Å²) in [5.74, 6) is 0.975. The third-order valence-electron chi connectivity index (χ3n) is 2.39. The summed E-state index contributed by atoms with van der Waals surface area (Å²) >= 11 is 0. The Kier molecular flexibility index (Phi) is 3.09. The fourth-order valence-corrected chi connectivity index (χ4v) is 1.42. The van der Waals surface area contributed by atoms with E-state index in [-0.39, 0.29) is 0 Å². The van der Waals surface area contributed by atoms with Gasteiger partial charge in [-0.2, -0.15) is 0 Å². The second-order valence-electron chi connectivity index (χ2n) is 3.87. The molecule has 2 rings (SSSR count). The molecule has 76 valence electrons. The summed E-state index contributed by atoms with van der Waals surface area (Å²) in [6.07, 6.45) is 6.61. The van der Waals surface area contributed by atoms with Crippen LogP contribution in [0.2, 0.25) is 0 Å². The molecule has 0 unspecified atom stereocenters. The van der Waals surface area contributed by atoms with Crippen molar-refractivity contribution in [2.24, 2.45) is 0 Å². The Bertz CT molecular complexity index is 294. The second-order valence-corrected chi connectivity index (χ2v) is 3.87. The standard InChI is InChI=1S/C11H17N3/c1-2-3-11-12-7-6-10(14-11)8-13-9-4-5-9/h6-7,9,13H,2-5,8H2,1H3. The number of rotatable bonds is 5. The number of nitrogens with zero attached hydrogens (tertiary/aromatic N) is 2. The molecule has 0 bridgehead atoms. The largest absolute Gasteiger partial charge is 0.308 e. The number of nitrogens with one attached hydrogen (secondary N) is 1. The molecule has 1 fully saturated rings. The summed E-state index contributed by atoms with van der Waals surface area (Å²) in [4.78, 5) is 8.72. The summed E-state index contributed by atoms with van der Waals surface area (Å²) < 4.78 is 0. The fourth-order valence-electron chi connectivity index (χ4n) is 1.42. The number of hydrogen-bond donors (Lipinski definition) is 1. The van der Waals surface area contributed by atoms with E-state index in [1.165, 1.54) is 12.8 Å². The van der Waals surface area contributed by atoms with E-state index < -0.39 is 0 Å². The van der Waals surface area contributed by atoms with Crippen molar-refractivity contribution < 1.29 is 0 Å². The van der Waals surface area contributed by atoms with Crippen molar-refractivity contribution in [3.05, 3.63) is 23.8 Å². The Morgan fingerprint density at radius 3 is 3.07 bits per heavy atom. The van der Waals surface area contributed by atoms with E-state index in [0.29, 0.717) is 0 Å². The maximum Gasteiger partial charge on any atom is 0.128 e. The summed E-state index contributed by atoms with van der Waals surface area (Å²) in [7, 11) is 0. The Balaban J connectivity index is 1.90. The SMILES string of the molecule is CCCc1nccc(CNC2CC2)n1. The summed E-state index contributed by atoms with van der Waals surface area (Å²) in [6, 6.07) is 2.74. The highest BCUT2D eigenvalue weighted by molar-refractivity contribution is 5.03. The average molecular weight is 191 g/mol. The molecule has 0 aliphatic heterocycles. The maximum absolute atomic E-state index is 4.49. The van der Waals surface area contributed by atoms with Gasteiger partial charge in [-0.3, -0.25) is 0 Å². The van der Waals surface area contributed by atoms with E-state index in [1.54, 1.807) is 0 Å². The van der Waals surface area contributed by atoms with Crippen molar-refractivity contribution in [2.75, 3.05) is 0 Å². The molecule has 1 aromatic rings. The van der Waals surface area contributed by atoms with Crippen LogP contribution in [0.5, 0.6) is 0 Å². The van der Waals surface area contributed by atoms with Gasteiger partial charge in [-0.25, -0.2) is 9.97 Å². The van der Waals surface area contributed by atoms with E-state index in [1.807, 2.05) is 12.3 Å². The zero-order valence-corrected chi connectivity index (χ0v) is 8.66. The highest BCUT2D eigenvalue weighted by Gasteiger charge is 2.20. The molecule has 3 heteroatoms. The first-order valence-electron chi connectivity index (χ1n) is 5.42. The van der Waals surface area contributed by atoms with Crippen molar-refractivity contribution >= 4 is 0 Å². The predicted molar refractivity (Wildman–Crippen MR) is 55.9 cm³/mol. The molecule has 1 aromatic heterocycles. The van der Waals surface area contributed by atoms with Crippen LogP contribution in [0.25, 0.3) is 0 Å². The van der Waals surface area contributed by atoms with Gasteiger partial charge in [0.15, 0.2) is 0 Å². The molecule has 0 amide bonds. The van der Waals surface area contributed by atoms with Crippen LogP contribution in [0.15, 0.2) is 12.3 Å². The Morgan fingerprint density at radius 2 is 2.36 bits per heavy atom. The lowest BCUT2D eigenvalue weighted by Gasteiger charge is -2.03. The van der Waals surface area contributed by atoms with Crippen LogP contribution in [-0.2, 0) is 13.0 Å². The molecule has 0 aromatic carbocycles. The smallest absolute Gasteiger partial charge is 0.128 e. The molecular formula is C11H17N3.